The number of hydrogen-bond acceptors (Lipinski definition) is 5. The molecule has 1 aromatic heterocycles. The zero-order valence-electron chi connectivity index (χ0n) is 12.8. The van der Waals surface area contributed by atoms with Gasteiger partial charge in [-0.05, 0) is 50.4 Å². The van der Waals surface area contributed by atoms with Crippen LogP contribution >= 0.6 is 0 Å². The molecule has 3 heterocycles. The summed E-state index contributed by atoms with van der Waals surface area (Å²) in [5.41, 5.74) is 6.94. The van der Waals surface area contributed by atoms with Crippen LogP contribution in [-0.4, -0.2) is 42.7 Å². The van der Waals surface area contributed by atoms with Crippen molar-refractivity contribution in [1.82, 2.24) is 9.88 Å². The first-order valence-corrected chi connectivity index (χ1v) is 8.02. The molecule has 1 fully saturated rings. The second-order valence-corrected chi connectivity index (χ2v) is 5.90. The first-order valence-electron chi connectivity index (χ1n) is 8.02. The molecule has 116 valence electrons. The van der Waals surface area contributed by atoms with E-state index in [1.54, 1.807) is 0 Å². The molecular formula is C16H25N3O2. The van der Waals surface area contributed by atoms with Crippen molar-refractivity contribution in [3.63, 3.8) is 0 Å². The largest absolute Gasteiger partial charge is 0.484 e. The fourth-order valence-corrected chi connectivity index (χ4v) is 3.36. The highest BCUT2D eigenvalue weighted by atomic mass is 16.6. The Kier molecular flexibility index (Phi) is 4.60. The van der Waals surface area contributed by atoms with Crippen LogP contribution in [0, 0.1) is 5.92 Å². The summed E-state index contributed by atoms with van der Waals surface area (Å²) in [5.74, 6) is 2.02. The zero-order valence-corrected chi connectivity index (χ0v) is 12.8. The number of nitrogens with two attached hydrogens (primary N) is 1. The molecule has 0 spiro atoms. The van der Waals surface area contributed by atoms with E-state index < -0.39 is 0 Å². The molecule has 0 saturated carbocycles. The number of aromatic nitrogens is 1. The van der Waals surface area contributed by atoms with E-state index in [9.17, 15) is 0 Å². The van der Waals surface area contributed by atoms with Crippen LogP contribution in [0.4, 0.5) is 0 Å². The SMILES string of the molecule is CCC(c1ccc2c(n1)OCCO2)N1CCCC(CN)C1. The summed E-state index contributed by atoms with van der Waals surface area (Å²) in [6, 6.07) is 4.41. The van der Waals surface area contributed by atoms with Crippen LogP contribution in [0.3, 0.4) is 0 Å². The van der Waals surface area contributed by atoms with Gasteiger partial charge >= 0.3 is 0 Å². The predicted octanol–water partition coefficient (Wildman–Crippen LogP) is 1.97. The molecule has 2 aliphatic heterocycles. The van der Waals surface area contributed by atoms with E-state index in [4.69, 9.17) is 20.2 Å². The summed E-state index contributed by atoms with van der Waals surface area (Å²) < 4.78 is 11.2. The standard InChI is InChI=1S/C16H25N3O2/c1-2-14(19-7-3-4-12(10-17)11-19)13-5-6-15-16(18-13)21-9-8-20-15/h5-6,12,14H,2-4,7-11,17H2,1H3. The van der Waals surface area contributed by atoms with Crippen LogP contribution in [0.1, 0.15) is 37.9 Å². The average molecular weight is 291 g/mol. The van der Waals surface area contributed by atoms with Gasteiger partial charge in [0.2, 0.25) is 0 Å². The van der Waals surface area contributed by atoms with Crippen LogP contribution in [0.2, 0.25) is 0 Å². The molecule has 2 atom stereocenters. The van der Waals surface area contributed by atoms with Crippen molar-refractivity contribution in [2.24, 2.45) is 11.7 Å². The van der Waals surface area contributed by atoms with Crippen molar-refractivity contribution in [2.75, 3.05) is 32.8 Å². The highest BCUT2D eigenvalue weighted by Crippen LogP contribution is 2.33. The van der Waals surface area contributed by atoms with E-state index in [1.807, 2.05) is 6.07 Å². The Morgan fingerprint density at radius 3 is 3.05 bits per heavy atom. The highest BCUT2D eigenvalue weighted by Gasteiger charge is 2.27. The Bertz CT molecular complexity index is 481. The van der Waals surface area contributed by atoms with Crippen molar-refractivity contribution in [2.45, 2.75) is 32.2 Å². The van der Waals surface area contributed by atoms with Gasteiger partial charge in [-0.1, -0.05) is 6.92 Å². The molecule has 1 aromatic rings. The third-order valence-electron chi connectivity index (χ3n) is 4.48. The minimum absolute atomic E-state index is 0.343. The molecule has 1 saturated heterocycles. The second kappa shape index (κ2) is 6.62. The molecule has 0 amide bonds. The van der Waals surface area contributed by atoms with Crippen molar-refractivity contribution in [3.05, 3.63) is 17.8 Å². The number of hydrogen-bond donors (Lipinski definition) is 1. The van der Waals surface area contributed by atoms with Crippen LogP contribution in [-0.2, 0) is 0 Å². The fraction of sp³-hybridized carbons (Fsp3) is 0.688. The molecule has 5 nitrogen and oxygen atoms in total. The van der Waals surface area contributed by atoms with Gasteiger partial charge in [0.15, 0.2) is 5.75 Å². The average Bonchev–Trinajstić information content (AvgIpc) is 2.56. The van der Waals surface area contributed by atoms with E-state index in [-0.39, 0.29) is 0 Å². The summed E-state index contributed by atoms with van der Waals surface area (Å²) in [6.07, 6.45) is 3.52. The van der Waals surface area contributed by atoms with Crippen LogP contribution in [0.25, 0.3) is 0 Å². The highest BCUT2D eigenvalue weighted by molar-refractivity contribution is 5.36. The van der Waals surface area contributed by atoms with Crippen molar-refractivity contribution in [3.8, 4) is 11.6 Å². The van der Waals surface area contributed by atoms with Crippen molar-refractivity contribution >= 4 is 0 Å². The Morgan fingerprint density at radius 2 is 2.24 bits per heavy atom. The lowest BCUT2D eigenvalue weighted by molar-refractivity contribution is 0.118. The quantitative estimate of drug-likeness (QED) is 0.919. The summed E-state index contributed by atoms with van der Waals surface area (Å²) in [6.45, 7) is 6.39. The van der Waals surface area contributed by atoms with Crippen LogP contribution in [0.15, 0.2) is 12.1 Å². The summed E-state index contributed by atoms with van der Waals surface area (Å²) in [7, 11) is 0. The van der Waals surface area contributed by atoms with Gasteiger partial charge in [-0.25, -0.2) is 4.98 Å². The lowest BCUT2D eigenvalue weighted by Gasteiger charge is -2.37. The Labute approximate surface area is 126 Å². The number of rotatable bonds is 4. The van der Waals surface area contributed by atoms with Crippen LogP contribution < -0.4 is 15.2 Å². The van der Waals surface area contributed by atoms with Crippen molar-refractivity contribution in [1.29, 1.82) is 0 Å². The predicted molar refractivity (Wildman–Crippen MR) is 81.6 cm³/mol. The molecule has 3 rings (SSSR count). The lowest BCUT2D eigenvalue weighted by Crippen LogP contribution is -2.40. The summed E-state index contributed by atoms with van der Waals surface area (Å²) >= 11 is 0. The molecule has 0 aliphatic carbocycles. The van der Waals surface area contributed by atoms with E-state index in [0.29, 0.717) is 31.1 Å². The number of fused-ring (bicyclic) bond motifs is 1. The van der Waals surface area contributed by atoms with Gasteiger partial charge in [-0.3, -0.25) is 4.90 Å². The lowest BCUT2D eigenvalue weighted by atomic mass is 9.95. The normalized spacial score (nSPS) is 23.8. The number of ether oxygens (including phenoxy) is 2. The number of piperidine rings is 1. The molecule has 2 N–H and O–H groups in total. The molecule has 0 radical (unpaired) electrons. The van der Waals surface area contributed by atoms with Gasteiger partial charge in [0.25, 0.3) is 5.88 Å². The molecule has 2 unspecified atom stereocenters. The zero-order chi connectivity index (χ0) is 14.7. The Hall–Kier alpha value is -1.33. The van der Waals surface area contributed by atoms with Gasteiger partial charge in [0, 0.05) is 6.54 Å². The van der Waals surface area contributed by atoms with E-state index in [0.717, 1.165) is 37.5 Å². The maximum atomic E-state index is 5.86. The minimum Gasteiger partial charge on any atom is -0.484 e. The van der Waals surface area contributed by atoms with Gasteiger partial charge in [0.1, 0.15) is 13.2 Å². The van der Waals surface area contributed by atoms with Gasteiger partial charge in [-0.15, -0.1) is 0 Å². The maximum absolute atomic E-state index is 5.86. The van der Waals surface area contributed by atoms with Gasteiger partial charge in [-0.2, -0.15) is 0 Å². The number of likely N-dealkylation sites (tertiary alicyclic amines) is 1. The third kappa shape index (κ3) is 3.14. The van der Waals surface area contributed by atoms with E-state index >= 15 is 0 Å². The number of nitrogens with zero attached hydrogens (tertiary/aromatic N) is 2. The summed E-state index contributed by atoms with van der Waals surface area (Å²) in [4.78, 5) is 7.22. The molecule has 0 aromatic carbocycles. The first-order chi connectivity index (χ1) is 10.3. The second-order valence-electron chi connectivity index (χ2n) is 5.90. The Morgan fingerprint density at radius 1 is 1.38 bits per heavy atom. The minimum atomic E-state index is 0.343. The smallest absolute Gasteiger partial charge is 0.257 e. The van der Waals surface area contributed by atoms with Crippen LogP contribution in [0.5, 0.6) is 11.6 Å². The Balaban J connectivity index is 1.79. The van der Waals surface area contributed by atoms with E-state index in [1.165, 1.54) is 12.8 Å². The molecule has 2 aliphatic rings. The third-order valence-corrected chi connectivity index (χ3v) is 4.48. The molecule has 21 heavy (non-hydrogen) atoms. The number of pyridine rings is 1. The molecular weight excluding hydrogens is 266 g/mol. The summed E-state index contributed by atoms with van der Waals surface area (Å²) in [5, 5.41) is 0. The van der Waals surface area contributed by atoms with E-state index in [2.05, 4.69) is 17.9 Å². The molecule has 5 heteroatoms. The van der Waals surface area contributed by atoms with Gasteiger partial charge in [0.05, 0.1) is 11.7 Å². The van der Waals surface area contributed by atoms with Crippen molar-refractivity contribution < 1.29 is 9.47 Å². The topological polar surface area (TPSA) is 60.6 Å². The van der Waals surface area contributed by atoms with Gasteiger partial charge < -0.3 is 15.2 Å². The fourth-order valence-electron chi connectivity index (χ4n) is 3.36. The first kappa shape index (κ1) is 14.6. The maximum Gasteiger partial charge on any atom is 0.257 e. The molecule has 0 bridgehead atoms. The monoisotopic (exact) mass is 291 g/mol.